The quantitative estimate of drug-likeness (QED) is 0.725. The number of nitrogens with two attached hydrogens (primary N) is 1. The SMILES string of the molecule is COC(CN)CC(=O)Nc1cc(CC(C)(C)C)[nH]n1. The number of hydrogen-bond acceptors (Lipinski definition) is 4. The molecule has 0 radical (unpaired) electrons. The number of carbonyl (C=O) groups is 1. The molecule has 0 saturated heterocycles. The number of aromatic amines is 1. The van der Waals surface area contributed by atoms with Gasteiger partial charge in [0, 0.05) is 25.4 Å². The number of nitrogens with one attached hydrogen (secondary N) is 2. The standard InChI is InChI=1S/C13H24N4O2/c1-13(2,3)7-9-5-11(17-16-9)15-12(18)6-10(8-14)19-4/h5,10H,6-8,14H2,1-4H3,(H2,15,16,17,18). The number of amides is 1. The molecule has 1 aromatic rings. The summed E-state index contributed by atoms with van der Waals surface area (Å²) in [7, 11) is 1.54. The molecule has 6 heteroatoms. The Morgan fingerprint density at radius 3 is 2.79 bits per heavy atom. The lowest BCUT2D eigenvalue weighted by Crippen LogP contribution is -2.28. The predicted octanol–water partition coefficient (Wildman–Crippen LogP) is 1.30. The lowest BCUT2D eigenvalue weighted by atomic mass is 9.91. The second-order valence-corrected chi connectivity index (χ2v) is 5.86. The maximum Gasteiger partial charge on any atom is 0.228 e. The van der Waals surface area contributed by atoms with Crippen LogP contribution < -0.4 is 11.1 Å². The molecule has 1 unspecified atom stereocenters. The van der Waals surface area contributed by atoms with E-state index in [4.69, 9.17) is 10.5 Å². The lowest BCUT2D eigenvalue weighted by molar-refractivity contribution is -0.118. The van der Waals surface area contributed by atoms with Crippen LogP contribution in [0.3, 0.4) is 0 Å². The molecular weight excluding hydrogens is 244 g/mol. The summed E-state index contributed by atoms with van der Waals surface area (Å²) in [6.07, 6.45) is 0.848. The number of methoxy groups -OCH3 is 1. The lowest BCUT2D eigenvalue weighted by Gasteiger charge is -2.15. The highest BCUT2D eigenvalue weighted by molar-refractivity contribution is 5.90. The van der Waals surface area contributed by atoms with Crippen LogP contribution in [0.25, 0.3) is 0 Å². The van der Waals surface area contributed by atoms with Gasteiger partial charge in [-0.2, -0.15) is 5.10 Å². The van der Waals surface area contributed by atoms with Gasteiger partial charge >= 0.3 is 0 Å². The molecule has 0 aromatic carbocycles. The Hall–Kier alpha value is -1.40. The zero-order chi connectivity index (χ0) is 14.5. The fourth-order valence-electron chi connectivity index (χ4n) is 1.75. The smallest absolute Gasteiger partial charge is 0.228 e. The van der Waals surface area contributed by atoms with Crippen LogP contribution in [0, 0.1) is 5.41 Å². The van der Waals surface area contributed by atoms with Gasteiger partial charge in [-0.1, -0.05) is 20.8 Å². The van der Waals surface area contributed by atoms with E-state index in [0.29, 0.717) is 12.4 Å². The van der Waals surface area contributed by atoms with Crippen molar-refractivity contribution in [2.45, 2.75) is 39.7 Å². The molecule has 0 saturated carbocycles. The summed E-state index contributed by atoms with van der Waals surface area (Å²) in [5.41, 5.74) is 6.65. The summed E-state index contributed by atoms with van der Waals surface area (Å²) in [4.78, 5) is 11.7. The zero-order valence-electron chi connectivity index (χ0n) is 12.1. The number of H-pyrrole nitrogens is 1. The Labute approximate surface area is 114 Å². The Morgan fingerprint density at radius 2 is 2.26 bits per heavy atom. The highest BCUT2D eigenvalue weighted by atomic mass is 16.5. The normalized spacial score (nSPS) is 13.3. The number of aromatic nitrogens is 2. The molecule has 0 aliphatic carbocycles. The molecule has 1 aromatic heterocycles. The first-order chi connectivity index (χ1) is 8.84. The van der Waals surface area contributed by atoms with E-state index in [1.807, 2.05) is 6.07 Å². The summed E-state index contributed by atoms with van der Waals surface area (Å²) >= 11 is 0. The molecule has 1 heterocycles. The maximum atomic E-state index is 11.7. The van der Waals surface area contributed by atoms with Crippen molar-refractivity contribution in [1.82, 2.24) is 10.2 Å². The van der Waals surface area contributed by atoms with Crippen LogP contribution in [-0.2, 0) is 16.0 Å². The number of nitrogens with zero attached hydrogens (tertiary/aromatic N) is 1. The van der Waals surface area contributed by atoms with E-state index in [9.17, 15) is 4.79 Å². The van der Waals surface area contributed by atoms with Gasteiger partial charge < -0.3 is 15.8 Å². The van der Waals surface area contributed by atoms with Crippen molar-refractivity contribution in [3.8, 4) is 0 Å². The Kier molecular flexibility index (Phi) is 5.50. The molecule has 1 rings (SSSR count). The minimum absolute atomic E-state index is 0.147. The molecule has 4 N–H and O–H groups in total. The van der Waals surface area contributed by atoms with E-state index in [1.165, 1.54) is 0 Å². The van der Waals surface area contributed by atoms with Crippen LogP contribution >= 0.6 is 0 Å². The van der Waals surface area contributed by atoms with Crippen LogP contribution in [-0.4, -0.2) is 35.9 Å². The third-order valence-corrected chi connectivity index (χ3v) is 2.63. The summed E-state index contributed by atoms with van der Waals surface area (Å²) in [6, 6.07) is 1.85. The van der Waals surface area contributed by atoms with Gasteiger partial charge in [0.05, 0.1) is 12.5 Å². The topological polar surface area (TPSA) is 93.0 Å². The second kappa shape index (κ2) is 6.68. The van der Waals surface area contributed by atoms with Gasteiger partial charge in [-0.15, -0.1) is 0 Å². The largest absolute Gasteiger partial charge is 0.380 e. The number of hydrogen-bond donors (Lipinski definition) is 3. The molecule has 0 spiro atoms. The van der Waals surface area contributed by atoms with Crippen molar-refractivity contribution in [1.29, 1.82) is 0 Å². The average Bonchev–Trinajstić information content (AvgIpc) is 2.70. The van der Waals surface area contributed by atoms with E-state index in [0.717, 1.165) is 12.1 Å². The molecule has 6 nitrogen and oxygen atoms in total. The minimum Gasteiger partial charge on any atom is -0.380 e. The Morgan fingerprint density at radius 1 is 1.58 bits per heavy atom. The average molecular weight is 268 g/mol. The van der Waals surface area contributed by atoms with Crippen LogP contribution in [0.4, 0.5) is 5.82 Å². The van der Waals surface area contributed by atoms with Crippen LogP contribution in [0.1, 0.15) is 32.9 Å². The van der Waals surface area contributed by atoms with E-state index in [1.54, 1.807) is 7.11 Å². The first-order valence-corrected chi connectivity index (χ1v) is 6.41. The zero-order valence-corrected chi connectivity index (χ0v) is 12.1. The summed E-state index contributed by atoms with van der Waals surface area (Å²) in [6.45, 7) is 6.77. The molecule has 108 valence electrons. The summed E-state index contributed by atoms with van der Waals surface area (Å²) in [5, 5.41) is 9.73. The first kappa shape index (κ1) is 15.7. The van der Waals surface area contributed by atoms with Crippen molar-refractivity contribution in [3.05, 3.63) is 11.8 Å². The van der Waals surface area contributed by atoms with Crippen LogP contribution in [0.2, 0.25) is 0 Å². The second-order valence-electron chi connectivity index (χ2n) is 5.86. The maximum absolute atomic E-state index is 11.7. The van der Waals surface area contributed by atoms with Gasteiger partial charge in [-0.3, -0.25) is 9.89 Å². The van der Waals surface area contributed by atoms with Crippen molar-refractivity contribution >= 4 is 11.7 Å². The fourth-order valence-corrected chi connectivity index (χ4v) is 1.75. The Bertz CT molecular complexity index is 405. The molecule has 0 fully saturated rings. The highest BCUT2D eigenvalue weighted by Crippen LogP contribution is 2.20. The van der Waals surface area contributed by atoms with E-state index in [-0.39, 0.29) is 23.8 Å². The van der Waals surface area contributed by atoms with Crippen LogP contribution in [0.5, 0.6) is 0 Å². The first-order valence-electron chi connectivity index (χ1n) is 6.41. The van der Waals surface area contributed by atoms with Crippen molar-refractivity contribution in [2.24, 2.45) is 11.1 Å². The van der Waals surface area contributed by atoms with Gasteiger partial charge in [0.15, 0.2) is 5.82 Å². The number of rotatable bonds is 6. The molecule has 19 heavy (non-hydrogen) atoms. The van der Waals surface area contributed by atoms with E-state index < -0.39 is 0 Å². The molecule has 0 bridgehead atoms. The summed E-state index contributed by atoms with van der Waals surface area (Å²) in [5.74, 6) is 0.391. The molecule has 1 amide bonds. The van der Waals surface area contributed by atoms with Gasteiger partial charge in [-0.25, -0.2) is 0 Å². The summed E-state index contributed by atoms with van der Waals surface area (Å²) < 4.78 is 5.06. The number of anilines is 1. The number of ether oxygens (including phenoxy) is 1. The molecule has 0 aliphatic rings. The Balaban J connectivity index is 2.51. The minimum atomic E-state index is -0.256. The van der Waals surface area contributed by atoms with Gasteiger partial charge in [0.1, 0.15) is 0 Å². The number of carbonyl (C=O) groups excluding carboxylic acids is 1. The third kappa shape index (κ3) is 5.85. The van der Waals surface area contributed by atoms with Gasteiger partial charge in [0.25, 0.3) is 0 Å². The highest BCUT2D eigenvalue weighted by Gasteiger charge is 2.15. The fraction of sp³-hybridized carbons (Fsp3) is 0.692. The van der Waals surface area contributed by atoms with Crippen molar-refractivity contribution in [2.75, 3.05) is 19.0 Å². The monoisotopic (exact) mass is 268 g/mol. The van der Waals surface area contributed by atoms with E-state index in [2.05, 4.69) is 36.3 Å². The molecular formula is C13H24N4O2. The molecule has 0 aliphatic heterocycles. The van der Waals surface area contributed by atoms with Crippen molar-refractivity contribution < 1.29 is 9.53 Å². The molecule has 1 atom stereocenters. The van der Waals surface area contributed by atoms with Crippen molar-refractivity contribution in [3.63, 3.8) is 0 Å². The van der Waals surface area contributed by atoms with Crippen LogP contribution in [0.15, 0.2) is 6.07 Å². The van der Waals surface area contributed by atoms with Gasteiger partial charge in [-0.05, 0) is 11.8 Å². The van der Waals surface area contributed by atoms with E-state index >= 15 is 0 Å². The van der Waals surface area contributed by atoms with Gasteiger partial charge in [0.2, 0.25) is 5.91 Å². The third-order valence-electron chi connectivity index (χ3n) is 2.63. The predicted molar refractivity (Wildman–Crippen MR) is 74.8 cm³/mol.